The van der Waals surface area contributed by atoms with Gasteiger partial charge in [-0.05, 0) is 19.4 Å². The standard InChI is InChI=1S/C15H14F3N/c1-9-3-5-11(6-4-9)10(2)19-15-8-13(17)12(16)7-14(15)18/h3-8,10,19H,1-2H3. The third kappa shape index (κ3) is 3.08. The van der Waals surface area contributed by atoms with Crippen LogP contribution in [0.15, 0.2) is 36.4 Å². The maximum Gasteiger partial charge on any atom is 0.161 e. The summed E-state index contributed by atoms with van der Waals surface area (Å²) >= 11 is 0. The van der Waals surface area contributed by atoms with E-state index in [2.05, 4.69) is 5.32 Å². The summed E-state index contributed by atoms with van der Waals surface area (Å²) in [5.41, 5.74) is 2.01. The average Bonchev–Trinajstić information content (AvgIpc) is 2.36. The van der Waals surface area contributed by atoms with E-state index in [9.17, 15) is 13.2 Å². The summed E-state index contributed by atoms with van der Waals surface area (Å²) in [6, 6.07) is 8.86. The van der Waals surface area contributed by atoms with E-state index in [-0.39, 0.29) is 11.7 Å². The van der Waals surface area contributed by atoms with Crippen LogP contribution in [0.25, 0.3) is 0 Å². The lowest BCUT2D eigenvalue weighted by molar-refractivity contribution is 0.495. The highest BCUT2D eigenvalue weighted by molar-refractivity contribution is 5.47. The Bertz CT molecular complexity index is 579. The summed E-state index contributed by atoms with van der Waals surface area (Å²) in [7, 11) is 0. The molecule has 0 spiro atoms. The molecule has 100 valence electrons. The van der Waals surface area contributed by atoms with Crippen molar-refractivity contribution < 1.29 is 13.2 Å². The lowest BCUT2D eigenvalue weighted by Gasteiger charge is -2.16. The maximum atomic E-state index is 13.5. The number of aryl methyl sites for hydroxylation is 1. The van der Waals surface area contributed by atoms with Crippen LogP contribution in [0.1, 0.15) is 24.1 Å². The van der Waals surface area contributed by atoms with Crippen molar-refractivity contribution in [1.82, 2.24) is 0 Å². The summed E-state index contributed by atoms with van der Waals surface area (Å²) < 4.78 is 39.4. The van der Waals surface area contributed by atoms with Crippen molar-refractivity contribution in [2.75, 3.05) is 5.32 Å². The van der Waals surface area contributed by atoms with Gasteiger partial charge in [-0.2, -0.15) is 0 Å². The predicted octanol–water partition coefficient (Wildman–Crippen LogP) is 4.59. The molecule has 4 heteroatoms. The fraction of sp³-hybridized carbons (Fsp3) is 0.200. The first-order valence-corrected chi connectivity index (χ1v) is 5.95. The average molecular weight is 265 g/mol. The Kier molecular flexibility index (Phi) is 3.79. The molecule has 0 aliphatic carbocycles. The van der Waals surface area contributed by atoms with Crippen molar-refractivity contribution in [2.24, 2.45) is 0 Å². The molecule has 1 N–H and O–H groups in total. The summed E-state index contributed by atoms with van der Waals surface area (Å²) in [6.45, 7) is 3.79. The lowest BCUT2D eigenvalue weighted by atomic mass is 10.1. The quantitative estimate of drug-likeness (QED) is 0.801. The molecule has 0 amide bonds. The number of rotatable bonds is 3. The monoisotopic (exact) mass is 265 g/mol. The molecule has 0 radical (unpaired) electrons. The van der Waals surface area contributed by atoms with E-state index >= 15 is 0 Å². The summed E-state index contributed by atoms with van der Waals surface area (Å²) in [6.07, 6.45) is 0. The SMILES string of the molecule is Cc1ccc(C(C)Nc2cc(F)c(F)cc2F)cc1. The second-order valence-corrected chi connectivity index (χ2v) is 4.52. The highest BCUT2D eigenvalue weighted by Crippen LogP contribution is 2.24. The third-order valence-electron chi connectivity index (χ3n) is 2.96. The highest BCUT2D eigenvalue weighted by atomic mass is 19.2. The number of halogens is 3. The van der Waals surface area contributed by atoms with Gasteiger partial charge in [-0.3, -0.25) is 0 Å². The van der Waals surface area contributed by atoms with Crippen LogP contribution in [0.4, 0.5) is 18.9 Å². The van der Waals surface area contributed by atoms with Crippen LogP contribution >= 0.6 is 0 Å². The molecule has 0 bridgehead atoms. The Balaban J connectivity index is 2.21. The van der Waals surface area contributed by atoms with Crippen LogP contribution in [0.5, 0.6) is 0 Å². The normalized spacial score (nSPS) is 12.3. The van der Waals surface area contributed by atoms with E-state index in [1.54, 1.807) is 0 Å². The Labute approximate surface area is 110 Å². The van der Waals surface area contributed by atoms with Gasteiger partial charge in [0.05, 0.1) is 5.69 Å². The largest absolute Gasteiger partial charge is 0.376 e. The van der Waals surface area contributed by atoms with Crippen LogP contribution in [-0.2, 0) is 0 Å². The molecule has 0 saturated heterocycles. The molecule has 19 heavy (non-hydrogen) atoms. The van der Waals surface area contributed by atoms with Crippen molar-refractivity contribution in [3.8, 4) is 0 Å². The highest BCUT2D eigenvalue weighted by Gasteiger charge is 2.12. The first-order chi connectivity index (χ1) is 8.97. The molecule has 0 heterocycles. The maximum absolute atomic E-state index is 13.5. The third-order valence-corrected chi connectivity index (χ3v) is 2.96. The Morgan fingerprint density at radius 2 is 1.47 bits per heavy atom. The molecule has 0 aliphatic heterocycles. The van der Waals surface area contributed by atoms with Crippen molar-refractivity contribution in [1.29, 1.82) is 0 Å². The zero-order valence-electron chi connectivity index (χ0n) is 10.7. The molecule has 0 aromatic heterocycles. The van der Waals surface area contributed by atoms with Crippen LogP contribution < -0.4 is 5.32 Å². The van der Waals surface area contributed by atoms with E-state index in [0.29, 0.717) is 6.07 Å². The minimum Gasteiger partial charge on any atom is -0.376 e. The summed E-state index contributed by atoms with van der Waals surface area (Å²) in [5, 5.41) is 2.83. The lowest BCUT2D eigenvalue weighted by Crippen LogP contribution is -2.08. The van der Waals surface area contributed by atoms with E-state index in [1.165, 1.54) is 0 Å². The van der Waals surface area contributed by atoms with Gasteiger partial charge >= 0.3 is 0 Å². The van der Waals surface area contributed by atoms with Crippen molar-refractivity contribution >= 4 is 5.69 Å². The molecule has 1 atom stereocenters. The van der Waals surface area contributed by atoms with Crippen molar-refractivity contribution in [3.05, 3.63) is 65.0 Å². The molecule has 1 unspecified atom stereocenters. The fourth-order valence-corrected chi connectivity index (χ4v) is 1.80. The zero-order valence-corrected chi connectivity index (χ0v) is 10.7. The fourth-order valence-electron chi connectivity index (χ4n) is 1.80. The molecule has 2 rings (SSSR count). The van der Waals surface area contributed by atoms with Crippen molar-refractivity contribution in [2.45, 2.75) is 19.9 Å². The van der Waals surface area contributed by atoms with Gasteiger partial charge in [0.15, 0.2) is 11.6 Å². The zero-order chi connectivity index (χ0) is 14.0. The Morgan fingerprint density at radius 3 is 2.11 bits per heavy atom. The van der Waals surface area contributed by atoms with Gasteiger partial charge in [0, 0.05) is 18.2 Å². The first kappa shape index (κ1) is 13.5. The molecule has 0 saturated carbocycles. The molecule has 1 nitrogen and oxygen atoms in total. The number of benzene rings is 2. The number of hydrogen-bond donors (Lipinski definition) is 1. The van der Waals surface area contributed by atoms with E-state index in [0.717, 1.165) is 17.2 Å². The topological polar surface area (TPSA) is 12.0 Å². The second-order valence-electron chi connectivity index (χ2n) is 4.52. The van der Waals surface area contributed by atoms with Gasteiger partial charge in [0.2, 0.25) is 0 Å². The predicted molar refractivity (Wildman–Crippen MR) is 69.5 cm³/mol. The van der Waals surface area contributed by atoms with Crippen LogP contribution in [0.3, 0.4) is 0 Å². The molecule has 0 aliphatic rings. The Morgan fingerprint density at radius 1 is 0.895 bits per heavy atom. The van der Waals surface area contributed by atoms with Gasteiger partial charge in [-0.15, -0.1) is 0 Å². The summed E-state index contributed by atoms with van der Waals surface area (Å²) in [4.78, 5) is 0. The second kappa shape index (κ2) is 5.34. The van der Waals surface area contributed by atoms with E-state index in [4.69, 9.17) is 0 Å². The minimum atomic E-state index is -1.19. The van der Waals surface area contributed by atoms with Crippen LogP contribution in [0, 0.1) is 24.4 Å². The molecule has 2 aromatic carbocycles. The van der Waals surface area contributed by atoms with Crippen molar-refractivity contribution in [3.63, 3.8) is 0 Å². The van der Waals surface area contributed by atoms with Crippen LogP contribution in [-0.4, -0.2) is 0 Å². The van der Waals surface area contributed by atoms with E-state index in [1.807, 2.05) is 38.1 Å². The number of anilines is 1. The minimum absolute atomic E-state index is 0.0491. The molecular weight excluding hydrogens is 251 g/mol. The smallest absolute Gasteiger partial charge is 0.161 e. The van der Waals surface area contributed by atoms with Gasteiger partial charge in [-0.25, -0.2) is 13.2 Å². The number of hydrogen-bond acceptors (Lipinski definition) is 1. The first-order valence-electron chi connectivity index (χ1n) is 5.95. The summed E-state index contributed by atoms with van der Waals surface area (Å²) in [5.74, 6) is -3.07. The van der Waals surface area contributed by atoms with Gasteiger partial charge in [-0.1, -0.05) is 29.8 Å². The Hall–Kier alpha value is -1.97. The molecule has 0 fully saturated rings. The molecule has 2 aromatic rings. The van der Waals surface area contributed by atoms with Gasteiger partial charge in [0.25, 0.3) is 0 Å². The molecular formula is C15H14F3N. The van der Waals surface area contributed by atoms with Gasteiger partial charge < -0.3 is 5.32 Å². The van der Waals surface area contributed by atoms with Crippen LogP contribution in [0.2, 0.25) is 0 Å². The van der Waals surface area contributed by atoms with E-state index < -0.39 is 17.5 Å². The van der Waals surface area contributed by atoms with Gasteiger partial charge in [0.1, 0.15) is 5.82 Å². The number of nitrogens with one attached hydrogen (secondary N) is 1.